The van der Waals surface area contributed by atoms with E-state index in [9.17, 15) is 8.42 Å². The summed E-state index contributed by atoms with van der Waals surface area (Å²) in [5.41, 5.74) is 0. The minimum Gasteiger partial charge on any atom is -0.318 e. The molecule has 0 aromatic rings. The van der Waals surface area contributed by atoms with Crippen LogP contribution in [-0.2, 0) is 10.0 Å². The van der Waals surface area contributed by atoms with Crippen molar-refractivity contribution in [3.63, 3.8) is 0 Å². The Kier molecular flexibility index (Phi) is 4.34. The first-order valence-corrected chi connectivity index (χ1v) is 8.64. The lowest BCUT2D eigenvalue weighted by Gasteiger charge is -2.29. The van der Waals surface area contributed by atoms with Crippen molar-refractivity contribution >= 4 is 10.0 Å². The predicted molar refractivity (Wildman–Crippen MR) is 73.8 cm³/mol. The fraction of sp³-hybridized carbons (Fsp3) is 1.00. The molecule has 0 aromatic carbocycles. The molecule has 0 saturated heterocycles. The quantitative estimate of drug-likeness (QED) is 0.768. The Morgan fingerprint density at radius 2 is 1.94 bits per heavy atom. The zero-order valence-electron chi connectivity index (χ0n) is 11.6. The first kappa shape index (κ1) is 14.3. The monoisotopic (exact) mass is 274 g/mol. The van der Waals surface area contributed by atoms with Crippen LogP contribution in [0, 0.1) is 17.8 Å². The van der Waals surface area contributed by atoms with Gasteiger partial charge >= 0.3 is 0 Å². The van der Waals surface area contributed by atoms with Gasteiger partial charge in [-0.25, -0.2) is 13.1 Å². The Morgan fingerprint density at radius 3 is 2.44 bits per heavy atom. The van der Waals surface area contributed by atoms with Crippen molar-refractivity contribution < 1.29 is 8.42 Å². The van der Waals surface area contributed by atoms with Crippen molar-refractivity contribution in [2.24, 2.45) is 17.8 Å². The van der Waals surface area contributed by atoms with Crippen LogP contribution >= 0.6 is 0 Å². The molecular weight excluding hydrogens is 248 g/mol. The van der Waals surface area contributed by atoms with E-state index in [1.54, 1.807) is 14.0 Å². The normalized spacial score (nSPS) is 34.7. The lowest BCUT2D eigenvalue weighted by Crippen LogP contribution is -2.45. The maximum absolute atomic E-state index is 12.1. The smallest absolute Gasteiger partial charge is 0.215 e. The summed E-state index contributed by atoms with van der Waals surface area (Å²) in [7, 11) is -1.41. The fourth-order valence-corrected chi connectivity index (χ4v) is 5.08. The molecule has 2 aliphatic carbocycles. The molecule has 18 heavy (non-hydrogen) atoms. The van der Waals surface area contributed by atoms with Crippen LogP contribution in [0.3, 0.4) is 0 Å². The molecule has 0 spiro atoms. The molecule has 2 N–H and O–H groups in total. The van der Waals surface area contributed by atoms with Gasteiger partial charge in [-0.1, -0.05) is 6.42 Å². The summed E-state index contributed by atoms with van der Waals surface area (Å²) in [6.45, 7) is 4.29. The Balaban J connectivity index is 1.92. The Hall–Kier alpha value is -0.130. The highest BCUT2D eigenvalue weighted by Gasteiger charge is 2.42. The second kappa shape index (κ2) is 5.47. The van der Waals surface area contributed by atoms with E-state index in [1.807, 2.05) is 6.92 Å². The molecule has 5 atom stereocenters. The summed E-state index contributed by atoms with van der Waals surface area (Å²) >= 11 is 0. The molecule has 2 aliphatic rings. The van der Waals surface area contributed by atoms with E-state index in [0.29, 0.717) is 12.5 Å². The van der Waals surface area contributed by atoms with Gasteiger partial charge in [0.15, 0.2) is 0 Å². The highest BCUT2D eigenvalue weighted by atomic mass is 32.2. The number of fused-ring (bicyclic) bond motifs is 2. The fourth-order valence-electron chi connectivity index (χ4n) is 3.77. The summed E-state index contributed by atoms with van der Waals surface area (Å²) in [6, 6.07) is 0.0876. The maximum Gasteiger partial charge on any atom is 0.215 e. The topological polar surface area (TPSA) is 58.2 Å². The van der Waals surface area contributed by atoms with E-state index in [4.69, 9.17) is 0 Å². The van der Waals surface area contributed by atoms with E-state index < -0.39 is 10.0 Å². The molecule has 0 aliphatic heterocycles. The van der Waals surface area contributed by atoms with E-state index >= 15 is 0 Å². The summed E-state index contributed by atoms with van der Waals surface area (Å²) < 4.78 is 27.2. The van der Waals surface area contributed by atoms with Gasteiger partial charge < -0.3 is 5.32 Å². The van der Waals surface area contributed by atoms with Crippen molar-refractivity contribution in [3.05, 3.63) is 0 Å². The molecule has 0 radical (unpaired) electrons. The van der Waals surface area contributed by atoms with Crippen LogP contribution in [0.15, 0.2) is 0 Å². The Bertz CT molecular complexity index is 382. The third kappa shape index (κ3) is 2.89. The number of rotatable bonds is 6. The van der Waals surface area contributed by atoms with Crippen LogP contribution < -0.4 is 10.0 Å². The Labute approximate surface area is 111 Å². The molecule has 4 nitrogen and oxygen atoms in total. The molecule has 5 heteroatoms. The number of hydrogen-bond donors (Lipinski definition) is 2. The molecule has 2 fully saturated rings. The van der Waals surface area contributed by atoms with Crippen LogP contribution in [-0.4, -0.2) is 33.3 Å². The first-order chi connectivity index (χ1) is 8.44. The average molecular weight is 274 g/mol. The van der Waals surface area contributed by atoms with Crippen molar-refractivity contribution in [1.82, 2.24) is 10.0 Å². The molecule has 2 bridgehead atoms. The minimum absolute atomic E-state index is 0.0876. The molecule has 106 valence electrons. The molecular formula is C13H26N2O2S. The highest BCUT2D eigenvalue weighted by molar-refractivity contribution is 7.90. The predicted octanol–water partition coefficient (Wildman–Crippen LogP) is 1.34. The zero-order chi connectivity index (χ0) is 13.3. The number of hydrogen-bond acceptors (Lipinski definition) is 3. The highest BCUT2D eigenvalue weighted by Crippen LogP contribution is 2.49. The second-order valence-corrected chi connectivity index (χ2v) is 8.29. The van der Waals surface area contributed by atoms with Crippen LogP contribution in [0.5, 0.6) is 0 Å². The third-order valence-corrected chi connectivity index (χ3v) is 6.73. The van der Waals surface area contributed by atoms with E-state index in [1.165, 1.54) is 25.7 Å². The average Bonchev–Trinajstić information content (AvgIpc) is 2.90. The standard InChI is InChI=1S/C13H26N2O2S/c1-9(8-14-3)18(16,17)15-10(2)13-7-11-4-5-12(13)6-11/h9-15H,4-8H2,1-3H3. The lowest BCUT2D eigenvalue weighted by atomic mass is 9.84. The molecule has 2 saturated carbocycles. The summed E-state index contributed by atoms with van der Waals surface area (Å²) in [4.78, 5) is 0. The van der Waals surface area contributed by atoms with Crippen LogP contribution in [0.4, 0.5) is 0 Å². The van der Waals surface area contributed by atoms with Crippen molar-refractivity contribution in [2.75, 3.05) is 13.6 Å². The maximum atomic E-state index is 12.1. The lowest BCUT2D eigenvalue weighted by molar-refractivity contribution is 0.280. The first-order valence-electron chi connectivity index (χ1n) is 7.09. The van der Waals surface area contributed by atoms with Gasteiger partial charge in [0.2, 0.25) is 10.0 Å². The van der Waals surface area contributed by atoms with Gasteiger partial charge in [-0.2, -0.15) is 0 Å². The van der Waals surface area contributed by atoms with E-state index in [0.717, 1.165) is 11.8 Å². The van der Waals surface area contributed by atoms with Crippen LogP contribution in [0.2, 0.25) is 0 Å². The van der Waals surface area contributed by atoms with Gasteiger partial charge in [-0.15, -0.1) is 0 Å². The van der Waals surface area contributed by atoms with E-state index in [2.05, 4.69) is 10.0 Å². The summed E-state index contributed by atoms with van der Waals surface area (Å²) in [5, 5.41) is 2.55. The van der Waals surface area contributed by atoms with Crippen LogP contribution in [0.1, 0.15) is 39.5 Å². The van der Waals surface area contributed by atoms with Crippen molar-refractivity contribution in [1.29, 1.82) is 0 Å². The van der Waals surface area contributed by atoms with E-state index in [-0.39, 0.29) is 11.3 Å². The zero-order valence-corrected chi connectivity index (χ0v) is 12.5. The SMILES string of the molecule is CNCC(C)S(=O)(=O)NC(C)C1CC2CCC1C2. The molecule has 0 amide bonds. The van der Waals surface area contributed by atoms with Gasteiger partial charge in [-0.3, -0.25) is 0 Å². The summed E-state index contributed by atoms with van der Waals surface area (Å²) in [5.74, 6) is 2.18. The van der Waals surface area contributed by atoms with Crippen molar-refractivity contribution in [3.8, 4) is 0 Å². The van der Waals surface area contributed by atoms with Crippen LogP contribution in [0.25, 0.3) is 0 Å². The van der Waals surface area contributed by atoms with Gasteiger partial charge in [0, 0.05) is 12.6 Å². The van der Waals surface area contributed by atoms with Gasteiger partial charge in [0.05, 0.1) is 5.25 Å². The van der Waals surface area contributed by atoms with Gasteiger partial charge in [-0.05, 0) is 57.9 Å². The third-order valence-electron chi connectivity index (χ3n) is 4.81. The number of sulfonamides is 1. The molecule has 2 rings (SSSR count). The molecule has 0 aromatic heterocycles. The molecule has 0 heterocycles. The van der Waals surface area contributed by atoms with Gasteiger partial charge in [0.25, 0.3) is 0 Å². The largest absolute Gasteiger partial charge is 0.318 e. The van der Waals surface area contributed by atoms with Crippen molar-refractivity contribution in [2.45, 2.75) is 50.8 Å². The molecule has 5 unspecified atom stereocenters. The number of nitrogens with one attached hydrogen (secondary N) is 2. The second-order valence-electron chi connectivity index (χ2n) is 6.16. The van der Waals surface area contributed by atoms with Gasteiger partial charge in [0.1, 0.15) is 0 Å². The minimum atomic E-state index is -3.19. The Morgan fingerprint density at radius 1 is 1.22 bits per heavy atom. The summed E-state index contributed by atoms with van der Waals surface area (Å²) in [6.07, 6.45) is 5.20.